The Morgan fingerprint density at radius 2 is 1.35 bits per heavy atom. The fraction of sp³-hybridized carbons (Fsp3) is 0.406. The van der Waals surface area contributed by atoms with Crippen molar-refractivity contribution in [1.82, 2.24) is 4.90 Å². The molecule has 1 fully saturated rings. The molecule has 1 heterocycles. The molecule has 2 atom stereocenters. The molecule has 3 aromatic carbocycles. The molecule has 2 unspecified atom stereocenters. The van der Waals surface area contributed by atoms with Crippen molar-refractivity contribution in [2.24, 2.45) is 0 Å². The van der Waals surface area contributed by atoms with E-state index in [9.17, 15) is 4.79 Å². The third-order valence-electron chi connectivity index (χ3n) is 7.65. The zero-order chi connectivity index (χ0) is 26.4. The van der Waals surface area contributed by atoms with Gasteiger partial charge in [-0.3, -0.25) is 4.90 Å². The first-order chi connectivity index (χ1) is 18.0. The van der Waals surface area contributed by atoms with E-state index in [1.807, 2.05) is 12.1 Å². The lowest BCUT2D eigenvalue weighted by Gasteiger charge is -2.41. The average molecular weight is 502 g/mol. The number of piperidine rings is 1. The van der Waals surface area contributed by atoms with Crippen molar-refractivity contribution in [3.05, 3.63) is 88.5 Å². The fourth-order valence-corrected chi connectivity index (χ4v) is 5.60. The summed E-state index contributed by atoms with van der Waals surface area (Å²) >= 11 is 0. The fourth-order valence-electron chi connectivity index (χ4n) is 5.60. The molecule has 0 N–H and O–H groups in total. The van der Waals surface area contributed by atoms with E-state index in [-0.39, 0.29) is 12.0 Å². The normalized spacial score (nSPS) is 16.9. The second-order valence-corrected chi connectivity index (χ2v) is 10.0. The van der Waals surface area contributed by atoms with Crippen LogP contribution in [0.3, 0.4) is 0 Å². The standard InChI is InChI=1S/C32H39NO4/c1-22-9-13-24(14-10-22)28(25-15-11-23(2)12-16-25)20-27-8-6-7-17-33(27)29(21-34)26-18-30(35-3)32(37-5)31(19-26)36-4/h9-16,18-19,21,27-29H,6-8,17,20H2,1-5H3. The maximum atomic E-state index is 12.7. The van der Waals surface area contributed by atoms with Crippen molar-refractivity contribution >= 4 is 6.29 Å². The van der Waals surface area contributed by atoms with Crippen LogP contribution in [0.2, 0.25) is 0 Å². The maximum absolute atomic E-state index is 12.7. The molecule has 5 nitrogen and oxygen atoms in total. The number of carbonyl (C=O) groups excluding carboxylic acids is 1. The van der Waals surface area contributed by atoms with Gasteiger partial charge in [0.25, 0.3) is 0 Å². The summed E-state index contributed by atoms with van der Waals surface area (Å²) in [6.45, 7) is 5.12. The van der Waals surface area contributed by atoms with Gasteiger partial charge in [0.2, 0.25) is 5.75 Å². The Morgan fingerprint density at radius 1 is 0.811 bits per heavy atom. The number of carbonyl (C=O) groups is 1. The molecule has 0 amide bonds. The second-order valence-electron chi connectivity index (χ2n) is 10.0. The molecule has 0 spiro atoms. The molecular weight excluding hydrogens is 462 g/mol. The van der Waals surface area contributed by atoms with E-state index in [0.29, 0.717) is 17.2 Å². The number of hydrogen-bond acceptors (Lipinski definition) is 5. The molecular formula is C32H39NO4. The number of rotatable bonds is 10. The van der Waals surface area contributed by atoms with Crippen molar-refractivity contribution < 1.29 is 19.0 Å². The van der Waals surface area contributed by atoms with Crippen molar-refractivity contribution in [3.63, 3.8) is 0 Å². The Kier molecular flexibility index (Phi) is 8.88. The van der Waals surface area contributed by atoms with Crippen LogP contribution >= 0.6 is 0 Å². The highest BCUT2D eigenvalue weighted by molar-refractivity contribution is 5.65. The van der Waals surface area contributed by atoms with Gasteiger partial charge < -0.3 is 19.0 Å². The number of hydrogen-bond donors (Lipinski definition) is 0. The van der Waals surface area contributed by atoms with E-state index in [2.05, 4.69) is 67.3 Å². The molecule has 1 aliphatic rings. The smallest absolute Gasteiger partial charge is 0.203 e. The summed E-state index contributed by atoms with van der Waals surface area (Å²) in [4.78, 5) is 15.0. The van der Waals surface area contributed by atoms with Crippen LogP contribution in [0.5, 0.6) is 17.2 Å². The van der Waals surface area contributed by atoms with Gasteiger partial charge >= 0.3 is 0 Å². The van der Waals surface area contributed by atoms with Gasteiger partial charge in [0.15, 0.2) is 11.5 Å². The van der Waals surface area contributed by atoms with Crippen LogP contribution in [0.25, 0.3) is 0 Å². The Labute approximate surface area is 221 Å². The first kappa shape index (κ1) is 26.7. The predicted octanol–water partition coefficient (Wildman–Crippen LogP) is 6.65. The Hall–Kier alpha value is -3.31. The lowest BCUT2D eigenvalue weighted by atomic mass is 9.82. The third kappa shape index (κ3) is 5.99. The van der Waals surface area contributed by atoms with Crippen LogP contribution in [0.15, 0.2) is 60.7 Å². The highest BCUT2D eigenvalue weighted by Gasteiger charge is 2.33. The summed E-state index contributed by atoms with van der Waals surface area (Å²) in [6.07, 6.45) is 5.30. The van der Waals surface area contributed by atoms with Gasteiger partial charge in [-0.1, -0.05) is 66.1 Å². The van der Waals surface area contributed by atoms with Crippen LogP contribution in [0.4, 0.5) is 0 Å². The van der Waals surface area contributed by atoms with Crippen LogP contribution in [-0.2, 0) is 4.79 Å². The molecule has 5 heteroatoms. The van der Waals surface area contributed by atoms with Crippen molar-refractivity contribution in [2.45, 2.75) is 57.5 Å². The Morgan fingerprint density at radius 3 is 1.81 bits per heavy atom. The van der Waals surface area contributed by atoms with Gasteiger partial charge in [-0.15, -0.1) is 0 Å². The summed E-state index contributed by atoms with van der Waals surface area (Å²) in [6, 6.07) is 21.5. The Bertz CT molecular complexity index is 1100. The van der Waals surface area contributed by atoms with Gasteiger partial charge in [0.1, 0.15) is 6.29 Å². The number of benzene rings is 3. The first-order valence-electron chi connectivity index (χ1n) is 13.1. The topological polar surface area (TPSA) is 48.0 Å². The van der Waals surface area contributed by atoms with Crippen LogP contribution < -0.4 is 14.2 Å². The van der Waals surface area contributed by atoms with Gasteiger partial charge in [-0.2, -0.15) is 0 Å². The molecule has 3 aromatic rings. The SMILES string of the molecule is COc1cc(C(C=O)N2CCCCC2CC(c2ccc(C)cc2)c2ccc(C)cc2)cc(OC)c1OC. The van der Waals surface area contributed by atoms with E-state index < -0.39 is 6.04 Å². The van der Waals surface area contributed by atoms with E-state index >= 15 is 0 Å². The van der Waals surface area contributed by atoms with E-state index in [0.717, 1.165) is 44.1 Å². The highest BCUT2D eigenvalue weighted by Crippen LogP contribution is 2.42. The summed E-state index contributed by atoms with van der Waals surface area (Å²) < 4.78 is 16.7. The zero-order valence-electron chi connectivity index (χ0n) is 22.7. The van der Waals surface area contributed by atoms with Gasteiger partial charge in [0.05, 0.1) is 27.4 Å². The minimum absolute atomic E-state index is 0.249. The summed E-state index contributed by atoms with van der Waals surface area (Å²) in [7, 11) is 4.80. The van der Waals surface area contributed by atoms with Crippen LogP contribution in [-0.4, -0.2) is 45.1 Å². The van der Waals surface area contributed by atoms with E-state index in [4.69, 9.17) is 14.2 Å². The molecule has 0 radical (unpaired) electrons. The molecule has 0 aliphatic carbocycles. The molecule has 1 saturated heterocycles. The molecule has 0 aromatic heterocycles. The van der Waals surface area contributed by atoms with Gasteiger partial charge in [-0.25, -0.2) is 0 Å². The quantitative estimate of drug-likeness (QED) is 0.291. The minimum atomic E-state index is -0.393. The van der Waals surface area contributed by atoms with Crippen molar-refractivity contribution in [1.29, 1.82) is 0 Å². The zero-order valence-corrected chi connectivity index (χ0v) is 22.7. The number of ether oxygens (including phenoxy) is 3. The number of aldehydes is 1. The largest absolute Gasteiger partial charge is 0.493 e. The van der Waals surface area contributed by atoms with E-state index in [1.54, 1.807) is 21.3 Å². The van der Waals surface area contributed by atoms with Crippen molar-refractivity contribution in [3.8, 4) is 17.2 Å². The molecule has 196 valence electrons. The molecule has 4 rings (SSSR count). The lowest BCUT2D eigenvalue weighted by molar-refractivity contribution is -0.114. The summed E-state index contributed by atoms with van der Waals surface area (Å²) in [5, 5.41) is 0. The van der Waals surface area contributed by atoms with Gasteiger partial charge in [-0.05, 0) is 68.5 Å². The Balaban J connectivity index is 1.70. The third-order valence-corrected chi connectivity index (χ3v) is 7.65. The van der Waals surface area contributed by atoms with Crippen LogP contribution in [0, 0.1) is 13.8 Å². The minimum Gasteiger partial charge on any atom is -0.493 e. The lowest BCUT2D eigenvalue weighted by Crippen LogP contribution is -2.43. The number of methoxy groups -OCH3 is 3. The van der Waals surface area contributed by atoms with E-state index in [1.165, 1.54) is 22.3 Å². The summed E-state index contributed by atoms with van der Waals surface area (Å²) in [5.74, 6) is 1.91. The first-order valence-corrected chi connectivity index (χ1v) is 13.1. The highest BCUT2D eigenvalue weighted by atomic mass is 16.5. The van der Waals surface area contributed by atoms with Gasteiger partial charge in [0, 0.05) is 12.0 Å². The predicted molar refractivity (Wildman–Crippen MR) is 148 cm³/mol. The molecule has 37 heavy (non-hydrogen) atoms. The molecule has 0 bridgehead atoms. The average Bonchev–Trinajstić information content (AvgIpc) is 2.93. The summed E-state index contributed by atoms with van der Waals surface area (Å²) in [5.41, 5.74) is 6.01. The molecule has 0 saturated carbocycles. The molecule has 1 aliphatic heterocycles. The number of aryl methyl sites for hydroxylation is 2. The second kappa shape index (κ2) is 12.3. The van der Waals surface area contributed by atoms with Crippen molar-refractivity contribution in [2.75, 3.05) is 27.9 Å². The van der Waals surface area contributed by atoms with Crippen LogP contribution in [0.1, 0.15) is 65.5 Å². The monoisotopic (exact) mass is 501 g/mol. The number of likely N-dealkylation sites (tertiary alicyclic amines) is 1. The maximum Gasteiger partial charge on any atom is 0.203 e. The number of nitrogens with zero attached hydrogens (tertiary/aromatic N) is 1.